The Hall–Kier alpha value is -2.58. The number of hydrogen-bond acceptors (Lipinski definition) is 7. The summed E-state index contributed by atoms with van der Waals surface area (Å²) in [6.07, 6.45) is 3.66. The third kappa shape index (κ3) is 3.51. The van der Waals surface area contributed by atoms with Crippen LogP contribution >= 0.6 is 23.1 Å². The lowest BCUT2D eigenvalue weighted by atomic mass is 10.2. The number of aromatic nitrogens is 4. The monoisotopic (exact) mass is 386 g/mol. The zero-order valence-corrected chi connectivity index (χ0v) is 15.3. The number of amides is 1. The van der Waals surface area contributed by atoms with Gasteiger partial charge in [-0.1, -0.05) is 41.9 Å². The summed E-state index contributed by atoms with van der Waals surface area (Å²) in [4.78, 5) is 27.6. The highest BCUT2D eigenvalue weighted by Gasteiger charge is 2.20. The van der Waals surface area contributed by atoms with Crippen LogP contribution in [0.1, 0.15) is 23.3 Å². The van der Waals surface area contributed by atoms with Crippen LogP contribution in [0.25, 0.3) is 11.4 Å². The highest BCUT2D eigenvalue weighted by molar-refractivity contribution is 7.10. The van der Waals surface area contributed by atoms with Crippen LogP contribution in [0, 0.1) is 0 Å². The fourth-order valence-electron chi connectivity index (χ4n) is 2.72. The molecule has 1 saturated heterocycles. The second-order valence-corrected chi connectivity index (χ2v) is 6.96. The first-order valence-electron chi connectivity index (χ1n) is 8.19. The first-order valence-corrected chi connectivity index (χ1v) is 9.34. The Kier molecular flexibility index (Phi) is 4.77. The third-order valence-electron chi connectivity index (χ3n) is 4.01. The number of nitrogens with zero attached hydrogens (tertiary/aromatic N) is 5. The van der Waals surface area contributed by atoms with E-state index >= 15 is 0 Å². The zero-order chi connectivity index (χ0) is 17.9. The van der Waals surface area contributed by atoms with Crippen molar-refractivity contribution in [3.05, 3.63) is 47.2 Å². The number of benzene rings is 1. The summed E-state index contributed by atoms with van der Waals surface area (Å²) in [6.45, 7) is 1.78. The van der Waals surface area contributed by atoms with Gasteiger partial charge in [0, 0.05) is 30.2 Å². The molecule has 1 fully saturated rings. The van der Waals surface area contributed by atoms with Gasteiger partial charge < -0.3 is 4.90 Å². The van der Waals surface area contributed by atoms with E-state index in [4.69, 9.17) is 11.6 Å². The van der Waals surface area contributed by atoms with Crippen molar-refractivity contribution in [2.24, 2.45) is 0 Å². The molecule has 1 aliphatic rings. The summed E-state index contributed by atoms with van der Waals surface area (Å²) in [5, 5.41) is 3.32. The van der Waals surface area contributed by atoms with E-state index in [9.17, 15) is 4.79 Å². The molecule has 4 rings (SSSR count). The fourth-order valence-corrected chi connectivity index (χ4v) is 3.48. The maximum Gasteiger partial charge on any atom is 0.277 e. The van der Waals surface area contributed by atoms with Crippen LogP contribution in [-0.4, -0.2) is 38.3 Å². The summed E-state index contributed by atoms with van der Waals surface area (Å²) in [6, 6.07) is 9.58. The molecule has 0 aliphatic carbocycles. The molecule has 3 aromatic rings. The molecule has 3 heterocycles. The van der Waals surface area contributed by atoms with Gasteiger partial charge in [0.15, 0.2) is 11.5 Å². The molecule has 7 nitrogen and oxygen atoms in total. The number of rotatable bonds is 4. The number of halogens is 1. The molecule has 0 spiro atoms. The smallest absolute Gasteiger partial charge is 0.277 e. The van der Waals surface area contributed by atoms with Crippen LogP contribution in [0.2, 0.25) is 5.02 Å². The van der Waals surface area contributed by atoms with Crippen molar-refractivity contribution in [1.82, 2.24) is 19.3 Å². The molecular weight excluding hydrogens is 372 g/mol. The lowest BCUT2D eigenvalue weighted by molar-refractivity contribution is 0.102. The second-order valence-electron chi connectivity index (χ2n) is 5.80. The van der Waals surface area contributed by atoms with Crippen molar-refractivity contribution >= 4 is 40.1 Å². The van der Waals surface area contributed by atoms with Gasteiger partial charge in [-0.05, 0) is 12.8 Å². The van der Waals surface area contributed by atoms with Gasteiger partial charge in [-0.3, -0.25) is 10.1 Å². The van der Waals surface area contributed by atoms with Crippen LogP contribution < -0.4 is 10.2 Å². The van der Waals surface area contributed by atoms with E-state index in [1.54, 1.807) is 0 Å². The molecule has 0 atom stereocenters. The Balaban J connectivity index is 1.53. The van der Waals surface area contributed by atoms with Crippen molar-refractivity contribution in [3.63, 3.8) is 0 Å². The Morgan fingerprint density at radius 1 is 1.15 bits per heavy atom. The maximum absolute atomic E-state index is 12.6. The van der Waals surface area contributed by atoms with Gasteiger partial charge in [-0.25, -0.2) is 9.97 Å². The first kappa shape index (κ1) is 16.9. The molecule has 0 bridgehead atoms. The molecule has 9 heteroatoms. The first-order chi connectivity index (χ1) is 12.7. The maximum atomic E-state index is 12.6. The highest BCUT2D eigenvalue weighted by atomic mass is 35.5. The highest BCUT2D eigenvalue weighted by Crippen LogP contribution is 2.23. The summed E-state index contributed by atoms with van der Waals surface area (Å²) in [5.74, 6) is 0.672. The molecule has 0 radical (unpaired) electrons. The van der Waals surface area contributed by atoms with Crippen LogP contribution in [0.3, 0.4) is 0 Å². The van der Waals surface area contributed by atoms with Crippen molar-refractivity contribution < 1.29 is 4.79 Å². The van der Waals surface area contributed by atoms with E-state index in [-0.39, 0.29) is 10.7 Å². The van der Waals surface area contributed by atoms with Crippen molar-refractivity contribution in [2.75, 3.05) is 23.3 Å². The van der Waals surface area contributed by atoms with E-state index in [1.807, 2.05) is 35.2 Å². The van der Waals surface area contributed by atoms with Crippen LogP contribution in [0.5, 0.6) is 0 Å². The van der Waals surface area contributed by atoms with Gasteiger partial charge >= 0.3 is 0 Å². The van der Waals surface area contributed by atoms with E-state index in [1.165, 1.54) is 6.20 Å². The molecule has 26 heavy (non-hydrogen) atoms. The van der Waals surface area contributed by atoms with Gasteiger partial charge in [0.2, 0.25) is 11.1 Å². The lowest BCUT2D eigenvalue weighted by Gasteiger charge is -2.15. The Labute approximate surface area is 159 Å². The van der Waals surface area contributed by atoms with E-state index in [0.717, 1.165) is 43.0 Å². The van der Waals surface area contributed by atoms with Gasteiger partial charge in [-0.15, -0.1) is 0 Å². The minimum atomic E-state index is -0.423. The fraction of sp³-hybridized carbons (Fsp3) is 0.235. The van der Waals surface area contributed by atoms with Crippen LogP contribution in [-0.2, 0) is 0 Å². The number of anilines is 2. The van der Waals surface area contributed by atoms with Gasteiger partial charge in [0.25, 0.3) is 5.91 Å². The molecule has 1 amide bonds. The van der Waals surface area contributed by atoms with Crippen molar-refractivity contribution in [3.8, 4) is 11.4 Å². The van der Waals surface area contributed by atoms with Crippen molar-refractivity contribution in [2.45, 2.75) is 12.8 Å². The molecular formula is C17H15ClN6OS. The molecule has 0 unspecified atom stereocenters. The normalized spacial score (nSPS) is 13.8. The minimum Gasteiger partial charge on any atom is -0.341 e. The number of nitrogens with one attached hydrogen (secondary N) is 1. The number of hydrogen-bond donors (Lipinski definition) is 1. The minimum absolute atomic E-state index is 0.139. The Bertz CT molecular complexity index is 926. The molecule has 132 valence electrons. The third-order valence-corrected chi connectivity index (χ3v) is 4.92. The van der Waals surface area contributed by atoms with Crippen molar-refractivity contribution in [1.29, 1.82) is 0 Å². The summed E-state index contributed by atoms with van der Waals surface area (Å²) in [7, 11) is 0. The summed E-state index contributed by atoms with van der Waals surface area (Å²) < 4.78 is 4.28. The molecule has 1 aliphatic heterocycles. The summed E-state index contributed by atoms with van der Waals surface area (Å²) in [5.41, 5.74) is 1.03. The predicted octanol–water partition coefficient (Wildman–Crippen LogP) is 3.50. The number of carbonyl (C=O) groups is 1. The molecule has 0 saturated carbocycles. The molecule has 1 aromatic carbocycles. The zero-order valence-electron chi connectivity index (χ0n) is 13.7. The standard InChI is InChI=1S/C17H15ClN6OS/c18-12-10-19-16(24-8-4-5-9-24)20-13(12)15(25)22-17-21-14(23-26-17)11-6-2-1-3-7-11/h1-3,6-7,10H,4-5,8-9H2,(H,21,22,23,25). The quantitative estimate of drug-likeness (QED) is 0.738. The molecule has 2 aromatic heterocycles. The average Bonchev–Trinajstić information content (AvgIpc) is 3.35. The SMILES string of the molecule is O=C(Nc1nc(-c2ccccc2)ns1)c1nc(N2CCCC2)ncc1Cl. The Morgan fingerprint density at radius 3 is 2.69 bits per heavy atom. The van der Waals surface area contributed by atoms with E-state index in [0.29, 0.717) is 16.9 Å². The van der Waals surface area contributed by atoms with Gasteiger partial charge in [0.05, 0.1) is 11.2 Å². The van der Waals surface area contributed by atoms with Crippen LogP contribution in [0.15, 0.2) is 36.5 Å². The lowest BCUT2D eigenvalue weighted by Crippen LogP contribution is -2.23. The topological polar surface area (TPSA) is 83.9 Å². The molecule has 1 N–H and O–H groups in total. The second kappa shape index (κ2) is 7.35. The average molecular weight is 387 g/mol. The van der Waals surface area contributed by atoms with Crippen LogP contribution in [0.4, 0.5) is 11.1 Å². The van der Waals surface area contributed by atoms with E-state index < -0.39 is 5.91 Å². The summed E-state index contributed by atoms with van der Waals surface area (Å²) >= 11 is 7.24. The number of carbonyl (C=O) groups excluding carboxylic acids is 1. The van der Waals surface area contributed by atoms with Gasteiger partial charge in [0.1, 0.15) is 0 Å². The predicted molar refractivity (Wildman–Crippen MR) is 102 cm³/mol. The largest absolute Gasteiger partial charge is 0.341 e. The van der Waals surface area contributed by atoms with E-state index in [2.05, 4.69) is 24.6 Å². The van der Waals surface area contributed by atoms with Gasteiger partial charge in [-0.2, -0.15) is 9.36 Å². The Morgan fingerprint density at radius 2 is 1.92 bits per heavy atom.